The highest BCUT2D eigenvalue weighted by atomic mass is 19.1. The van der Waals surface area contributed by atoms with Crippen LogP contribution in [0.5, 0.6) is 0 Å². The van der Waals surface area contributed by atoms with Crippen molar-refractivity contribution in [3.63, 3.8) is 0 Å². The van der Waals surface area contributed by atoms with Gasteiger partial charge in [-0.25, -0.2) is 0 Å². The molecule has 0 fully saturated rings. The molecule has 0 radical (unpaired) electrons. The van der Waals surface area contributed by atoms with Crippen LogP contribution < -0.4 is 0 Å². The van der Waals surface area contributed by atoms with E-state index in [0.717, 1.165) is 36.4 Å². The highest BCUT2D eigenvalue weighted by molar-refractivity contribution is 5.48. The van der Waals surface area contributed by atoms with Gasteiger partial charge in [0.15, 0.2) is 0 Å². The fourth-order valence-corrected chi connectivity index (χ4v) is 1.51. The van der Waals surface area contributed by atoms with Crippen molar-refractivity contribution < 1.29 is 18.6 Å². The Bertz CT molecular complexity index is 877. The molecule has 14 heteroatoms. The van der Waals surface area contributed by atoms with Crippen molar-refractivity contribution in [2.45, 2.75) is 0 Å². The summed E-state index contributed by atoms with van der Waals surface area (Å²) in [7, 11) is 0. The van der Waals surface area contributed by atoms with E-state index in [9.17, 15) is 29.0 Å². The molecule has 0 aliphatic rings. The standard InChI is InChI=1S/2C6H3FN4O2/c2*7-5-2-1-4(9-10-8)3-6(5)11(12)13/h2*1-3H. The van der Waals surface area contributed by atoms with E-state index in [-0.39, 0.29) is 11.4 Å². The van der Waals surface area contributed by atoms with Gasteiger partial charge in [0, 0.05) is 33.3 Å². The van der Waals surface area contributed by atoms with Crippen LogP contribution in [-0.4, -0.2) is 9.85 Å². The number of rotatable bonds is 4. The second kappa shape index (κ2) is 9.12. The summed E-state index contributed by atoms with van der Waals surface area (Å²) in [4.78, 5) is 23.5. The Labute approximate surface area is 141 Å². The molecule has 2 aromatic rings. The molecule has 0 saturated carbocycles. The molecule has 0 amide bonds. The third-order valence-corrected chi connectivity index (χ3v) is 2.57. The summed E-state index contributed by atoms with van der Waals surface area (Å²) in [5.41, 5.74) is 14.6. The summed E-state index contributed by atoms with van der Waals surface area (Å²) in [5.74, 6) is -1.91. The largest absolute Gasteiger partial charge is 0.305 e. The fraction of sp³-hybridized carbons (Fsp3) is 0. The average Bonchev–Trinajstić information content (AvgIpc) is 2.59. The maximum Gasteiger partial charge on any atom is 0.305 e. The van der Waals surface area contributed by atoms with Crippen molar-refractivity contribution in [1.82, 2.24) is 0 Å². The second-order valence-corrected chi connectivity index (χ2v) is 4.16. The lowest BCUT2D eigenvalue weighted by Gasteiger charge is -1.93. The van der Waals surface area contributed by atoms with Crippen LogP contribution in [0.1, 0.15) is 0 Å². The molecular weight excluding hydrogens is 358 g/mol. The summed E-state index contributed by atoms with van der Waals surface area (Å²) in [5, 5.41) is 26.6. The van der Waals surface area contributed by atoms with Crippen LogP contribution in [0, 0.1) is 31.9 Å². The zero-order chi connectivity index (χ0) is 19.7. The lowest BCUT2D eigenvalue weighted by Crippen LogP contribution is -1.90. The number of halogens is 2. The van der Waals surface area contributed by atoms with E-state index in [4.69, 9.17) is 11.1 Å². The molecule has 132 valence electrons. The summed E-state index contributed by atoms with van der Waals surface area (Å²) in [6.45, 7) is 0. The number of nitro groups is 2. The molecule has 0 atom stereocenters. The number of nitro benzene ring substituents is 2. The average molecular weight is 364 g/mol. The Morgan fingerprint density at radius 2 is 1.15 bits per heavy atom. The Morgan fingerprint density at radius 1 is 0.808 bits per heavy atom. The van der Waals surface area contributed by atoms with Gasteiger partial charge < -0.3 is 0 Å². The quantitative estimate of drug-likeness (QED) is 0.233. The maximum absolute atomic E-state index is 12.7. The van der Waals surface area contributed by atoms with E-state index in [0.29, 0.717) is 0 Å². The molecule has 0 unspecified atom stereocenters. The van der Waals surface area contributed by atoms with Gasteiger partial charge in [0.1, 0.15) is 0 Å². The van der Waals surface area contributed by atoms with Gasteiger partial charge in [-0.05, 0) is 35.3 Å². The van der Waals surface area contributed by atoms with E-state index >= 15 is 0 Å². The lowest BCUT2D eigenvalue weighted by atomic mass is 10.3. The molecule has 0 bridgehead atoms. The topological polar surface area (TPSA) is 184 Å². The van der Waals surface area contributed by atoms with Gasteiger partial charge in [-0.15, -0.1) is 0 Å². The molecule has 0 aliphatic heterocycles. The van der Waals surface area contributed by atoms with Gasteiger partial charge in [-0.3, -0.25) is 20.2 Å². The van der Waals surface area contributed by atoms with Crippen molar-refractivity contribution in [3.8, 4) is 0 Å². The van der Waals surface area contributed by atoms with Crippen molar-refractivity contribution >= 4 is 22.7 Å². The molecule has 12 nitrogen and oxygen atoms in total. The maximum atomic E-state index is 12.7. The minimum absolute atomic E-state index is 0.00981. The lowest BCUT2D eigenvalue weighted by molar-refractivity contribution is -0.387. The first-order valence-corrected chi connectivity index (χ1v) is 6.28. The Balaban J connectivity index is 0.000000260. The van der Waals surface area contributed by atoms with Gasteiger partial charge in [0.25, 0.3) is 0 Å². The summed E-state index contributed by atoms with van der Waals surface area (Å²) in [6, 6.07) is 5.80. The third kappa shape index (κ3) is 5.42. The van der Waals surface area contributed by atoms with Crippen molar-refractivity contribution in [3.05, 3.63) is 89.1 Å². The van der Waals surface area contributed by atoms with E-state index < -0.39 is 32.9 Å². The van der Waals surface area contributed by atoms with Crippen LogP contribution in [0.25, 0.3) is 20.9 Å². The molecule has 0 spiro atoms. The Hall–Kier alpha value is -4.28. The zero-order valence-corrected chi connectivity index (χ0v) is 12.4. The van der Waals surface area contributed by atoms with Crippen molar-refractivity contribution in [2.24, 2.45) is 10.2 Å². The highest BCUT2D eigenvalue weighted by Gasteiger charge is 2.14. The van der Waals surface area contributed by atoms with Crippen LogP contribution in [0.15, 0.2) is 46.6 Å². The van der Waals surface area contributed by atoms with Gasteiger partial charge in [0.05, 0.1) is 9.85 Å². The van der Waals surface area contributed by atoms with Crippen LogP contribution in [0.2, 0.25) is 0 Å². The number of azide groups is 2. The molecular formula is C12H6F2N8O4. The van der Waals surface area contributed by atoms with E-state index in [1.54, 1.807) is 0 Å². The third-order valence-electron chi connectivity index (χ3n) is 2.57. The minimum atomic E-state index is -0.957. The van der Waals surface area contributed by atoms with Gasteiger partial charge in [0.2, 0.25) is 11.6 Å². The monoisotopic (exact) mass is 364 g/mol. The Kier molecular flexibility index (Phi) is 6.94. The molecule has 0 heterocycles. The van der Waals surface area contributed by atoms with Crippen molar-refractivity contribution in [1.29, 1.82) is 0 Å². The molecule has 0 aromatic heterocycles. The van der Waals surface area contributed by atoms with Crippen LogP contribution in [0.3, 0.4) is 0 Å². The van der Waals surface area contributed by atoms with E-state index in [2.05, 4.69) is 20.1 Å². The van der Waals surface area contributed by atoms with E-state index in [1.165, 1.54) is 0 Å². The number of benzene rings is 2. The van der Waals surface area contributed by atoms with Gasteiger partial charge >= 0.3 is 11.4 Å². The normalized spacial score (nSPS) is 9.00. The molecule has 0 aliphatic carbocycles. The van der Waals surface area contributed by atoms with Crippen molar-refractivity contribution in [2.75, 3.05) is 0 Å². The number of hydrogen-bond acceptors (Lipinski definition) is 6. The highest BCUT2D eigenvalue weighted by Crippen LogP contribution is 2.24. The molecule has 2 rings (SSSR count). The Morgan fingerprint density at radius 3 is 1.42 bits per heavy atom. The first kappa shape index (κ1) is 19.8. The van der Waals surface area contributed by atoms with Gasteiger partial charge in [-0.2, -0.15) is 8.78 Å². The molecule has 0 N–H and O–H groups in total. The summed E-state index contributed by atoms with van der Waals surface area (Å²) < 4.78 is 25.4. The minimum Gasteiger partial charge on any atom is -0.258 e. The molecule has 0 saturated heterocycles. The van der Waals surface area contributed by atoms with Crippen LogP contribution >= 0.6 is 0 Å². The zero-order valence-electron chi connectivity index (χ0n) is 12.4. The predicted molar refractivity (Wildman–Crippen MR) is 83.7 cm³/mol. The first-order valence-electron chi connectivity index (χ1n) is 6.28. The summed E-state index contributed by atoms with van der Waals surface area (Å²) >= 11 is 0. The fourth-order valence-electron chi connectivity index (χ4n) is 1.51. The molecule has 26 heavy (non-hydrogen) atoms. The second-order valence-electron chi connectivity index (χ2n) is 4.16. The smallest absolute Gasteiger partial charge is 0.258 e. The number of hydrogen-bond donors (Lipinski definition) is 0. The van der Waals surface area contributed by atoms with E-state index in [1.807, 2.05) is 0 Å². The van der Waals surface area contributed by atoms with Gasteiger partial charge in [-0.1, -0.05) is 10.2 Å². The first-order chi connectivity index (χ1) is 12.3. The van der Waals surface area contributed by atoms with Crippen LogP contribution in [0.4, 0.5) is 31.5 Å². The number of nitrogens with zero attached hydrogens (tertiary/aromatic N) is 8. The van der Waals surface area contributed by atoms with Crippen LogP contribution in [-0.2, 0) is 0 Å². The molecule has 2 aromatic carbocycles. The SMILES string of the molecule is [N-]=[N+]=Nc1ccc(F)c([N+](=O)[O-])c1.[N-]=[N+]=Nc1ccc(F)c([N+](=O)[O-])c1. The summed E-state index contributed by atoms with van der Waals surface area (Å²) in [6.07, 6.45) is 0. The predicted octanol–water partition coefficient (Wildman–Crippen LogP) is 5.35.